The van der Waals surface area contributed by atoms with Gasteiger partial charge < -0.3 is 20.1 Å². The molecule has 0 aliphatic heterocycles. The van der Waals surface area contributed by atoms with Gasteiger partial charge in [-0.25, -0.2) is 0 Å². The van der Waals surface area contributed by atoms with Gasteiger partial charge in [-0.1, -0.05) is 53.0 Å². The average Bonchev–Trinajstić information content (AvgIpc) is 3.33. The Morgan fingerprint density at radius 3 is 2.26 bits per heavy atom. The summed E-state index contributed by atoms with van der Waals surface area (Å²) in [7, 11) is 3.24. The zero-order chi connectivity index (χ0) is 28.4. The molecule has 1 aromatic heterocycles. The van der Waals surface area contributed by atoms with E-state index in [1.54, 1.807) is 20.3 Å². The topological polar surface area (TPSA) is 94.5 Å². The van der Waals surface area contributed by atoms with Crippen molar-refractivity contribution in [2.75, 3.05) is 20.8 Å². The molecule has 216 valence electrons. The van der Waals surface area contributed by atoms with Crippen molar-refractivity contribution >= 4 is 11.8 Å². The molecule has 0 spiro atoms. The first-order chi connectivity index (χ1) is 18.7. The van der Waals surface area contributed by atoms with Crippen molar-refractivity contribution in [3.8, 4) is 22.8 Å². The average molecular weight is 541 g/mol. The molecule has 2 amide bonds. The lowest BCUT2D eigenvalue weighted by atomic mass is 9.89. The molecule has 1 aliphatic rings. The summed E-state index contributed by atoms with van der Waals surface area (Å²) in [5.74, 6) is 2.38. The third-order valence-electron chi connectivity index (χ3n) is 7.41. The molecule has 0 unspecified atom stereocenters. The van der Waals surface area contributed by atoms with Crippen LogP contribution in [-0.2, 0) is 11.3 Å². The quantitative estimate of drug-likeness (QED) is 0.314. The summed E-state index contributed by atoms with van der Waals surface area (Å²) in [6, 6.07) is 7.15. The van der Waals surface area contributed by atoms with Gasteiger partial charge in [0.05, 0.1) is 25.5 Å². The first-order valence-corrected chi connectivity index (χ1v) is 14.6. The van der Waals surface area contributed by atoms with Crippen molar-refractivity contribution < 1.29 is 19.1 Å². The lowest BCUT2D eigenvalue weighted by molar-refractivity contribution is -0.121. The van der Waals surface area contributed by atoms with Gasteiger partial charge in [0.15, 0.2) is 5.69 Å². The zero-order valence-corrected chi connectivity index (χ0v) is 24.7. The number of hydrogen-bond donors (Lipinski definition) is 2. The van der Waals surface area contributed by atoms with Crippen molar-refractivity contribution in [2.45, 2.75) is 91.6 Å². The van der Waals surface area contributed by atoms with Crippen LogP contribution in [0.3, 0.4) is 0 Å². The third kappa shape index (κ3) is 9.01. The highest BCUT2D eigenvalue weighted by molar-refractivity contribution is 5.94. The van der Waals surface area contributed by atoms with Gasteiger partial charge in [-0.2, -0.15) is 5.10 Å². The standard InChI is InChI=1S/C31H48N4O4/c1-21(2)15-16-24(17-29(36)32-19-23-11-8-7-9-12-23)33-31(37)25-18-26(35(34-25)20-22(3)4)30-27(38-5)13-10-14-28(30)39-6/h10,13-14,18,21-24H,7-9,11-12,15-17,19-20H2,1-6H3,(H,32,36)(H,33,37)/t24-/m0/s1. The largest absolute Gasteiger partial charge is 0.496 e. The van der Waals surface area contributed by atoms with Crippen molar-refractivity contribution in [3.63, 3.8) is 0 Å². The molecule has 1 saturated carbocycles. The highest BCUT2D eigenvalue weighted by Gasteiger charge is 2.24. The second kappa shape index (κ2) is 14.9. The van der Waals surface area contributed by atoms with Gasteiger partial charge in [-0.05, 0) is 61.6 Å². The number of amides is 2. The lowest BCUT2D eigenvalue weighted by Crippen LogP contribution is -2.40. The van der Waals surface area contributed by atoms with Crippen LogP contribution >= 0.6 is 0 Å². The van der Waals surface area contributed by atoms with Crippen LogP contribution in [-0.4, -0.2) is 48.4 Å². The molecular weight excluding hydrogens is 492 g/mol. The fraction of sp³-hybridized carbons (Fsp3) is 0.645. The maximum Gasteiger partial charge on any atom is 0.272 e. The number of ether oxygens (including phenoxy) is 2. The van der Waals surface area contributed by atoms with E-state index in [0.29, 0.717) is 41.5 Å². The Morgan fingerprint density at radius 2 is 1.67 bits per heavy atom. The van der Waals surface area contributed by atoms with Crippen molar-refractivity contribution in [3.05, 3.63) is 30.0 Å². The Hall–Kier alpha value is -3.03. The van der Waals surface area contributed by atoms with Crippen molar-refractivity contribution in [1.82, 2.24) is 20.4 Å². The number of hydrogen-bond acceptors (Lipinski definition) is 5. The van der Waals surface area contributed by atoms with Crippen LogP contribution in [0.15, 0.2) is 24.3 Å². The van der Waals surface area contributed by atoms with Gasteiger partial charge in [0.1, 0.15) is 11.5 Å². The second-order valence-electron chi connectivity index (χ2n) is 11.7. The van der Waals surface area contributed by atoms with Crippen LogP contribution in [0.5, 0.6) is 11.5 Å². The molecule has 2 N–H and O–H groups in total. The summed E-state index contributed by atoms with van der Waals surface area (Å²) < 4.78 is 13.1. The molecule has 2 aromatic rings. The minimum Gasteiger partial charge on any atom is -0.496 e. The third-order valence-corrected chi connectivity index (χ3v) is 7.41. The van der Waals surface area contributed by atoms with Crippen LogP contribution in [0, 0.1) is 17.8 Å². The minimum atomic E-state index is -0.276. The second-order valence-corrected chi connectivity index (χ2v) is 11.7. The molecule has 1 aliphatic carbocycles. The summed E-state index contributed by atoms with van der Waals surface area (Å²) >= 11 is 0. The van der Waals surface area contributed by atoms with Gasteiger partial charge in [-0.15, -0.1) is 0 Å². The first kappa shape index (κ1) is 30.5. The fourth-order valence-electron chi connectivity index (χ4n) is 5.28. The molecule has 1 fully saturated rings. The maximum atomic E-state index is 13.5. The SMILES string of the molecule is COc1cccc(OC)c1-c1cc(C(=O)N[C@@H](CCC(C)C)CC(=O)NCC2CCCCC2)nn1CC(C)C. The van der Waals surface area contributed by atoms with Crippen LogP contribution in [0.1, 0.15) is 89.5 Å². The molecule has 39 heavy (non-hydrogen) atoms. The highest BCUT2D eigenvalue weighted by Crippen LogP contribution is 2.38. The van der Waals surface area contributed by atoms with Crippen LogP contribution in [0.4, 0.5) is 0 Å². The molecule has 8 heteroatoms. The zero-order valence-electron chi connectivity index (χ0n) is 24.7. The van der Waals surface area contributed by atoms with E-state index in [4.69, 9.17) is 14.6 Å². The number of benzene rings is 1. The monoisotopic (exact) mass is 540 g/mol. The van der Waals surface area contributed by atoms with Gasteiger partial charge in [0.25, 0.3) is 5.91 Å². The normalized spacial score (nSPS) is 14.9. The Morgan fingerprint density at radius 1 is 1.00 bits per heavy atom. The van der Waals surface area contributed by atoms with Crippen LogP contribution < -0.4 is 20.1 Å². The first-order valence-electron chi connectivity index (χ1n) is 14.6. The van der Waals surface area contributed by atoms with Crippen molar-refractivity contribution in [1.29, 1.82) is 0 Å². The number of carbonyl (C=O) groups is 2. The number of carbonyl (C=O) groups excluding carboxylic acids is 2. The van der Waals surface area contributed by atoms with Gasteiger partial charge in [-0.3, -0.25) is 14.3 Å². The smallest absolute Gasteiger partial charge is 0.272 e. The predicted octanol–water partition coefficient (Wildman–Crippen LogP) is 5.84. The lowest BCUT2D eigenvalue weighted by Gasteiger charge is -2.23. The Bertz CT molecular complexity index is 1050. The summed E-state index contributed by atoms with van der Waals surface area (Å²) in [6.45, 7) is 9.89. The maximum absolute atomic E-state index is 13.5. The molecule has 3 rings (SSSR count). The Balaban J connectivity index is 1.79. The number of aromatic nitrogens is 2. The van der Waals surface area contributed by atoms with Crippen molar-refractivity contribution in [2.24, 2.45) is 17.8 Å². The predicted molar refractivity (Wildman–Crippen MR) is 155 cm³/mol. The molecule has 8 nitrogen and oxygen atoms in total. The summed E-state index contributed by atoms with van der Waals surface area (Å²) in [5.41, 5.74) is 1.83. The van der Waals surface area contributed by atoms with E-state index < -0.39 is 0 Å². The van der Waals surface area contributed by atoms with E-state index in [1.807, 2.05) is 22.9 Å². The molecule has 0 radical (unpaired) electrons. The van der Waals surface area contributed by atoms with Gasteiger partial charge >= 0.3 is 0 Å². The molecule has 1 heterocycles. The van der Waals surface area contributed by atoms with Gasteiger partial charge in [0.2, 0.25) is 5.91 Å². The van der Waals surface area contributed by atoms with E-state index >= 15 is 0 Å². The van der Waals surface area contributed by atoms with Crippen LogP contribution in [0.2, 0.25) is 0 Å². The van der Waals surface area contributed by atoms with E-state index in [0.717, 1.165) is 30.6 Å². The van der Waals surface area contributed by atoms with E-state index in [-0.39, 0.29) is 24.3 Å². The summed E-state index contributed by atoms with van der Waals surface area (Å²) in [6.07, 6.45) is 8.10. The Kier molecular flexibility index (Phi) is 11.7. The highest BCUT2D eigenvalue weighted by atomic mass is 16.5. The molecule has 0 bridgehead atoms. The molecule has 0 saturated heterocycles. The number of nitrogens with zero attached hydrogens (tertiary/aromatic N) is 2. The minimum absolute atomic E-state index is 0.000543. The fourth-order valence-corrected chi connectivity index (χ4v) is 5.28. The van der Waals surface area contributed by atoms with E-state index in [9.17, 15) is 9.59 Å². The van der Waals surface area contributed by atoms with E-state index in [2.05, 4.69) is 38.3 Å². The molecule has 1 atom stereocenters. The Labute approximate surface area is 234 Å². The van der Waals surface area contributed by atoms with Crippen LogP contribution in [0.25, 0.3) is 11.3 Å². The molecule has 1 aromatic carbocycles. The number of nitrogens with one attached hydrogen (secondary N) is 2. The molecular formula is C31H48N4O4. The van der Waals surface area contributed by atoms with Gasteiger partial charge in [0, 0.05) is 25.6 Å². The number of rotatable bonds is 14. The number of methoxy groups -OCH3 is 2. The summed E-state index contributed by atoms with van der Waals surface area (Å²) in [5, 5.41) is 10.9. The summed E-state index contributed by atoms with van der Waals surface area (Å²) in [4.78, 5) is 26.4. The van der Waals surface area contributed by atoms with E-state index in [1.165, 1.54) is 32.1 Å².